The van der Waals surface area contributed by atoms with Crippen LogP contribution in [-0.4, -0.2) is 18.6 Å². The van der Waals surface area contributed by atoms with E-state index in [-0.39, 0.29) is 12.0 Å². The van der Waals surface area contributed by atoms with E-state index in [1.165, 1.54) is 0 Å². The molecular weight excluding hydrogens is 216 g/mol. The average Bonchev–Trinajstić information content (AvgIpc) is 3.12. The van der Waals surface area contributed by atoms with Gasteiger partial charge in [0.05, 0.1) is 23.8 Å². The lowest BCUT2D eigenvalue weighted by Gasteiger charge is -2.26. The predicted octanol–water partition coefficient (Wildman–Crippen LogP) is 1.31. The molecule has 0 aromatic heterocycles. The Balaban J connectivity index is 2.17. The van der Waals surface area contributed by atoms with Crippen molar-refractivity contribution in [1.29, 1.82) is 5.26 Å². The van der Waals surface area contributed by atoms with Gasteiger partial charge >= 0.3 is 0 Å². The van der Waals surface area contributed by atoms with Crippen LogP contribution in [0.15, 0.2) is 24.3 Å². The standard InChI is InChI=1S/C13H14N2O2/c1-13(2,15-12(16)11-8-17-11)10-5-3-4-9(6-10)7-14/h3-6,11H,8H2,1-2H3,(H,15,16). The zero-order valence-electron chi connectivity index (χ0n) is 9.86. The summed E-state index contributed by atoms with van der Waals surface area (Å²) in [5.41, 5.74) is 0.994. The molecule has 1 aromatic carbocycles. The SMILES string of the molecule is CC(C)(NC(=O)C1CO1)c1cccc(C#N)c1. The number of benzene rings is 1. The lowest BCUT2D eigenvalue weighted by atomic mass is 9.93. The number of nitriles is 1. The molecule has 1 amide bonds. The van der Waals surface area contributed by atoms with Crippen molar-refractivity contribution >= 4 is 5.91 Å². The van der Waals surface area contributed by atoms with Gasteiger partial charge in [0.25, 0.3) is 5.91 Å². The molecule has 0 saturated carbocycles. The first-order valence-corrected chi connectivity index (χ1v) is 5.47. The molecule has 1 unspecified atom stereocenters. The molecule has 4 nitrogen and oxygen atoms in total. The van der Waals surface area contributed by atoms with Crippen molar-refractivity contribution in [3.05, 3.63) is 35.4 Å². The highest BCUT2D eigenvalue weighted by molar-refractivity contribution is 5.83. The van der Waals surface area contributed by atoms with Gasteiger partial charge in [-0.2, -0.15) is 5.26 Å². The summed E-state index contributed by atoms with van der Waals surface area (Å²) in [6.45, 7) is 4.31. The zero-order chi connectivity index (χ0) is 12.5. The number of carbonyl (C=O) groups is 1. The molecule has 1 fully saturated rings. The fourth-order valence-corrected chi connectivity index (χ4v) is 1.64. The number of nitrogens with one attached hydrogen (secondary N) is 1. The smallest absolute Gasteiger partial charge is 0.252 e. The number of epoxide rings is 1. The van der Waals surface area contributed by atoms with Gasteiger partial charge in [-0.05, 0) is 31.5 Å². The maximum absolute atomic E-state index is 11.6. The Morgan fingerprint density at radius 3 is 2.88 bits per heavy atom. The highest BCUT2D eigenvalue weighted by Gasteiger charge is 2.35. The molecule has 0 bridgehead atoms. The summed E-state index contributed by atoms with van der Waals surface area (Å²) < 4.78 is 4.93. The van der Waals surface area contributed by atoms with Crippen LogP contribution in [0.3, 0.4) is 0 Å². The van der Waals surface area contributed by atoms with Gasteiger partial charge in [-0.3, -0.25) is 4.79 Å². The molecule has 0 spiro atoms. The molecule has 0 radical (unpaired) electrons. The Morgan fingerprint density at radius 1 is 1.59 bits per heavy atom. The molecular formula is C13H14N2O2. The van der Waals surface area contributed by atoms with Crippen molar-refractivity contribution in [3.63, 3.8) is 0 Å². The number of carbonyl (C=O) groups excluding carboxylic acids is 1. The monoisotopic (exact) mass is 230 g/mol. The second-order valence-electron chi connectivity index (χ2n) is 4.63. The highest BCUT2D eigenvalue weighted by atomic mass is 16.6. The largest absolute Gasteiger partial charge is 0.363 e. The van der Waals surface area contributed by atoms with Gasteiger partial charge in [0.2, 0.25) is 0 Å². The zero-order valence-corrected chi connectivity index (χ0v) is 9.86. The Labute approximate surface area is 100 Å². The molecule has 1 saturated heterocycles. The predicted molar refractivity (Wildman–Crippen MR) is 62.1 cm³/mol. The first-order valence-electron chi connectivity index (χ1n) is 5.47. The Kier molecular flexibility index (Phi) is 2.86. The molecule has 1 aliphatic heterocycles. The average molecular weight is 230 g/mol. The fraction of sp³-hybridized carbons (Fsp3) is 0.385. The van der Waals surface area contributed by atoms with E-state index in [1.54, 1.807) is 12.1 Å². The summed E-state index contributed by atoms with van der Waals surface area (Å²) in [5.74, 6) is -0.0997. The van der Waals surface area contributed by atoms with E-state index in [2.05, 4.69) is 11.4 Å². The fourth-order valence-electron chi connectivity index (χ4n) is 1.64. The molecule has 4 heteroatoms. The van der Waals surface area contributed by atoms with Crippen molar-refractivity contribution in [3.8, 4) is 6.07 Å². The van der Waals surface area contributed by atoms with E-state index in [4.69, 9.17) is 10.00 Å². The van der Waals surface area contributed by atoms with Gasteiger partial charge < -0.3 is 10.1 Å². The Hall–Kier alpha value is -1.86. The van der Waals surface area contributed by atoms with Crippen LogP contribution in [0.25, 0.3) is 0 Å². The third-order valence-electron chi connectivity index (χ3n) is 2.77. The minimum atomic E-state index is -0.504. The molecule has 17 heavy (non-hydrogen) atoms. The third kappa shape index (κ3) is 2.63. The second-order valence-corrected chi connectivity index (χ2v) is 4.63. The Morgan fingerprint density at radius 2 is 2.29 bits per heavy atom. The van der Waals surface area contributed by atoms with Crippen LogP contribution in [0.1, 0.15) is 25.0 Å². The van der Waals surface area contributed by atoms with Crippen molar-refractivity contribution in [2.75, 3.05) is 6.61 Å². The minimum Gasteiger partial charge on any atom is -0.363 e. The van der Waals surface area contributed by atoms with E-state index in [0.29, 0.717) is 12.2 Å². The molecule has 88 valence electrons. The van der Waals surface area contributed by atoms with Crippen LogP contribution in [0, 0.1) is 11.3 Å². The number of ether oxygens (including phenoxy) is 1. The summed E-state index contributed by atoms with van der Waals surface area (Å²) in [6.07, 6.45) is -0.298. The highest BCUT2D eigenvalue weighted by Crippen LogP contribution is 2.22. The van der Waals surface area contributed by atoms with Crippen LogP contribution in [0.4, 0.5) is 0 Å². The second kappa shape index (κ2) is 4.19. The molecule has 1 aromatic rings. The number of rotatable bonds is 3. The maximum Gasteiger partial charge on any atom is 0.252 e. The van der Waals surface area contributed by atoms with E-state index in [9.17, 15) is 4.79 Å². The lowest BCUT2D eigenvalue weighted by Crippen LogP contribution is -2.43. The molecule has 0 aliphatic carbocycles. The maximum atomic E-state index is 11.6. The van der Waals surface area contributed by atoms with Gasteiger partial charge in [-0.25, -0.2) is 0 Å². The molecule has 2 rings (SSSR count). The third-order valence-corrected chi connectivity index (χ3v) is 2.77. The van der Waals surface area contributed by atoms with Gasteiger partial charge in [0.1, 0.15) is 0 Å². The topological polar surface area (TPSA) is 65.4 Å². The number of hydrogen-bond donors (Lipinski definition) is 1. The summed E-state index contributed by atoms with van der Waals surface area (Å²) in [5, 5.41) is 11.8. The van der Waals surface area contributed by atoms with Crippen molar-refractivity contribution < 1.29 is 9.53 Å². The normalized spacial score (nSPS) is 18.3. The van der Waals surface area contributed by atoms with Crippen LogP contribution in [-0.2, 0) is 15.1 Å². The molecule has 1 N–H and O–H groups in total. The van der Waals surface area contributed by atoms with Crippen LogP contribution in [0.2, 0.25) is 0 Å². The quantitative estimate of drug-likeness (QED) is 0.796. The van der Waals surface area contributed by atoms with Gasteiger partial charge in [0, 0.05) is 0 Å². The van der Waals surface area contributed by atoms with Crippen molar-refractivity contribution in [2.24, 2.45) is 0 Å². The summed E-state index contributed by atoms with van der Waals surface area (Å²) in [4.78, 5) is 11.6. The first kappa shape index (κ1) is 11.6. The number of amides is 1. The van der Waals surface area contributed by atoms with Gasteiger partial charge in [-0.1, -0.05) is 12.1 Å². The molecule has 1 atom stereocenters. The van der Waals surface area contributed by atoms with Crippen LogP contribution < -0.4 is 5.32 Å². The molecule has 1 aliphatic rings. The summed E-state index contributed by atoms with van der Waals surface area (Å²) >= 11 is 0. The summed E-state index contributed by atoms with van der Waals surface area (Å²) in [7, 11) is 0. The van der Waals surface area contributed by atoms with Gasteiger partial charge in [-0.15, -0.1) is 0 Å². The summed E-state index contributed by atoms with van der Waals surface area (Å²) in [6, 6.07) is 9.33. The van der Waals surface area contributed by atoms with Gasteiger partial charge in [0.15, 0.2) is 6.10 Å². The van der Waals surface area contributed by atoms with E-state index >= 15 is 0 Å². The molecule has 1 heterocycles. The Bertz CT molecular complexity index is 484. The van der Waals surface area contributed by atoms with Crippen LogP contribution in [0.5, 0.6) is 0 Å². The van der Waals surface area contributed by atoms with Crippen LogP contribution >= 0.6 is 0 Å². The lowest BCUT2D eigenvalue weighted by molar-refractivity contribution is -0.124. The first-order chi connectivity index (χ1) is 8.03. The minimum absolute atomic E-state index is 0.0997. The van der Waals surface area contributed by atoms with E-state index < -0.39 is 5.54 Å². The number of hydrogen-bond acceptors (Lipinski definition) is 3. The van der Waals surface area contributed by atoms with Crippen molar-refractivity contribution in [1.82, 2.24) is 5.32 Å². The van der Waals surface area contributed by atoms with Crippen molar-refractivity contribution in [2.45, 2.75) is 25.5 Å². The number of nitrogens with zero attached hydrogens (tertiary/aromatic N) is 1. The van der Waals surface area contributed by atoms with E-state index in [1.807, 2.05) is 26.0 Å². The van der Waals surface area contributed by atoms with E-state index in [0.717, 1.165) is 5.56 Å².